The summed E-state index contributed by atoms with van der Waals surface area (Å²) >= 11 is 2.44. The van der Waals surface area contributed by atoms with Crippen molar-refractivity contribution in [2.24, 2.45) is 0 Å². The normalized spacial score (nSPS) is 12.0. The van der Waals surface area contributed by atoms with Crippen molar-refractivity contribution in [3.05, 3.63) is 83.9 Å². The average molecular weight is 525 g/mol. The van der Waals surface area contributed by atoms with Gasteiger partial charge in [0.1, 0.15) is 11.5 Å². The lowest BCUT2D eigenvalue weighted by Gasteiger charge is -2.22. The molecule has 3 aromatic carbocycles. The topological polar surface area (TPSA) is 59.3 Å². The molecular formula is C26H24INO3. The molecule has 5 heteroatoms. The smallest absolute Gasteiger partial charge is 0.343 e. The summed E-state index contributed by atoms with van der Waals surface area (Å²) < 4.78 is 11.6. The third-order valence-corrected chi connectivity index (χ3v) is 5.05. The summed E-state index contributed by atoms with van der Waals surface area (Å²) in [5.41, 5.74) is 3.02. The van der Waals surface area contributed by atoms with Crippen molar-refractivity contribution < 1.29 is 14.3 Å². The molecule has 1 atom stereocenters. The van der Waals surface area contributed by atoms with Crippen LogP contribution in [-0.4, -0.2) is 15.5 Å². The highest BCUT2D eigenvalue weighted by Gasteiger charge is 2.18. The van der Waals surface area contributed by atoms with E-state index in [1.54, 1.807) is 36.4 Å². The fraction of sp³-hybridized carbons (Fsp3) is 0.231. The first-order valence-corrected chi connectivity index (χ1v) is 11.1. The summed E-state index contributed by atoms with van der Waals surface area (Å²) in [7, 11) is 0. The van der Waals surface area contributed by atoms with E-state index in [-0.39, 0.29) is 9.53 Å². The van der Waals surface area contributed by atoms with Gasteiger partial charge >= 0.3 is 5.97 Å². The quantitative estimate of drug-likeness (QED) is 0.147. The van der Waals surface area contributed by atoms with Gasteiger partial charge in [0.2, 0.25) is 0 Å². The maximum atomic E-state index is 12.4. The monoisotopic (exact) mass is 525 g/mol. The molecule has 0 aliphatic heterocycles. The minimum absolute atomic E-state index is 0.138. The molecule has 0 N–H and O–H groups in total. The molecule has 0 bridgehead atoms. The second-order valence-corrected chi connectivity index (χ2v) is 10.9. The first-order chi connectivity index (χ1) is 14.7. The third-order valence-electron chi connectivity index (χ3n) is 4.61. The van der Waals surface area contributed by atoms with E-state index in [4.69, 9.17) is 14.7 Å². The maximum absolute atomic E-state index is 12.4. The number of esters is 1. The van der Waals surface area contributed by atoms with Gasteiger partial charge in [0, 0.05) is 3.42 Å². The van der Waals surface area contributed by atoms with Crippen LogP contribution in [0.1, 0.15) is 43.1 Å². The highest BCUT2D eigenvalue weighted by atomic mass is 127. The maximum Gasteiger partial charge on any atom is 0.343 e. The fourth-order valence-corrected chi connectivity index (χ4v) is 3.87. The SMILES string of the molecule is CC(CC(C)(C)I)Oc1ccc(-c2ccc(C(=O)Oc3ccc(C#N)cc3)cc2)cc1. The van der Waals surface area contributed by atoms with Gasteiger partial charge in [-0.2, -0.15) is 5.26 Å². The number of nitriles is 1. The Hall–Kier alpha value is -2.85. The van der Waals surface area contributed by atoms with Crippen LogP contribution in [0.15, 0.2) is 72.8 Å². The number of nitrogens with zero attached hydrogens (tertiary/aromatic N) is 1. The van der Waals surface area contributed by atoms with Crippen LogP contribution in [0.5, 0.6) is 11.5 Å². The highest BCUT2D eigenvalue weighted by Crippen LogP contribution is 2.27. The standard InChI is InChI=1S/C26H24INO3/c1-18(16-26(2,3)27)30-23-14-10-21(11-15-23)20-6-8-22(9-7-20)25(29)31-24-12-4-19(17-28)5-13-24/h4-15,18H,16H2,1-3H3. The van der Waals surface area contributed by atoms with E-state index in [1.165, 1.54) is 0 Å². The van der Waals surface area contributed by atoms with Crippen LogP contribution in [-0.2, 0) is 0 Å². The molecule has 3 rings (SSSR count). The summed E-state index contributed by atoms with van der Waals surface area (Å²) in [6.45, 7) is 6.48. The molecule has 158 valence electrons. The van der Waals surface area contributed by atoms with Crippen LogP contribution in [0.3, 0.4) is 0 Å². The predicted octanol–water partition coefficient (Wildman–Crippen LogP) is 6.82. The van der Waals surface area contributed by atoms with Crippen LogP contribution in [0.4, 0.5) is 0 Å². The number of alkyl halides is 1. The average Bonchev–Trinajstić information content (AvgIpc) is 2.73. The zero-order valence-corrected chi connectivity index (χ0v) is 19.9. The lowest BCUT2D eigenvalue weighted by Crippen LogP contribution is -2.22. The van der Waals surface area contributed by atoms with E-state index >= 15 is 0 Å². The summed E-state index contributed by atoms with van der Waals surface area (Å²) in [5, 5.41) is 8.84. The molecule has 0 heterocycles. The number of hydrogen-bond donors (Lipinski definition) is 0. The van der Waals surface area contributed by atoms with Gasteiger partial charge in [-0.25, -0.2) is 4.79 Å². The third kappa shape index (κ3) is 6.83. The van der Waals surface area contributed by atoms with Gasteiger partial charge < -0.3 is 9.47 Å². The van der Waals surface area contributed by atoms with Crippen molar-refractivity contribution in [3.63, 3.8) is 0 Å². The van der Waals surface area contributed by atoms with Crippen LogP contribution in [0.25, 0.3) is 11.1 Å². The van der Waals surface area contributed by atoms with Gasteiger partial charge in [0.15, 0.2) is 0 Å². The zero-order chi connectivity index (χ0) is 22.4. The number of hydrogen-bond acceptors (Lipinski definition) is 4. The molecule has 3 aromatic rings. The number of ether oxygens (including phenoxy) is 2. The second-order valence-electron chi connectivity index (χ2n) is 7.98. The number of carbonyl (C=O) groups is 1. The van der Waals surface area contributed by atoms with E-state index in [0.717, 1.165) is 23.3 Å². The molecule has 0 spiro atoms. The minimum Gasteiger partial charge on any atom is -0.491 e. The molecule has 4 nitrogen and oxygen atoms in total. The van der Waals surface area contributed by atoms with Crippen LogP contribution in [0.2, 0.25) is 0 Å². The molecule has 0 amide bonds. The summed E-state index contributed by atoms with van der Waals surface area (Å²) in [6, 6.07) is 23.7. The van der Waals surface area contributed by atoms with E-state index in [0.29, 0.717) is 16.9 Å². The molecule has 0 aliphatic carbocycles. The van der Waals surface area contributed by atoms with E-state index in [1.807, 2.05) is 42.5 Å². The number of carbonyl (C=O) groups excluding carboxylic acids is 1. The predicted molar refractivity (Wildman–Crippen MR) is 131 cm³/mol. The van der Waals surface area contributed by atoms with Gasteiger partial charge in [-0.15, -0.1) is 0 Å². The summed E-state index contributed by atoms with van der Waals surface area (Å²) in [4.78, 5) is 12.4. The molecule has 0 aliphatic rings. The van der Waals surface area contributed by atoms with Gasteiger partial charge in [-0.3, -0.25) is 0 Å². The molecule has 31 heavy (non-hydrogen) atoms. The van der Waals surface area contributed by atoms with Gasteiger partial charge in [-0.1, -0.05) is 60.7 Å². The number of halogens is 1. The number of benzene rings is 3. The molecule has 0 radical (unpaired) electrons. The highest BCUT2D eigenvalue weighted by molar-refractivity contribution is 14.1. The van der Waals surface area contributed by atoms with Crippen molar-refractivity contribution in [3.8, 4) is 28.7 Å². The van der Waals surface area contributed by atoms with Gasteiger partial charge in [0.25, 0.3) is 0 Å². The van der Waals surface area contributed by atoms with Crippen LogP contribution < -0.4 is 9.47 Å². The molecule has 0 fully saturated rings. The Kier molecular flexibility index (Phi) is 7.34. The Morgan fingerprint density at radius 3 is 1.97 bits per heavy atom. The molecule has 0 saturated heterocycles. The first kappa shape index (κ1) is 22.8. The van der Waals surface area contributed by atoms with Crippen LogP contribution >= 0.6 is 22.6 Å². The van der Waals surface area contributed by atoms with Crippen molar-refractivity contribution in [1.29, 1.82) is 5.26 Å². The second kappa shape index (κ2) is 9.97. The lowest BCUT2D eigenvalue weighted by atomic mass is 10.0. The van der Waals surface area contributed by atoms with Gasteiger partial charge in [-0.05, 0) is 73.0 Å². The Balaban J connectivity index is 1.62. The lowest BCUT2D eigenvalue weighted by molar-refractivity contribution is 0.0735. The molecule has 1 unspecified atom stereocenters. The first-order valence-electron chi connectivity index (χ1n) is 10.0. The van der Waals surface area contributed by atoms with E-state index in [2.05, 4.69) is 43.4 Å². The van der Waals surface area contributed by atoms with Crippen molar-refractivity contribution in [1.82, 2.24) is 0 Å². The van der Waals surface area contributed by atoms with Gasteiger partial charge in [0.05, 0.1) is 23.3 Å². The molecular weight excluding hydrogens is 501 g/mol. The van der Waals surface area contributed by atoms with E-state index in [9.17, 15) is 4.79 Å². The van der Waals surface area contributed by atoms with Crippen LogP contribution in [0, 0.1) is 11.3 Å². The summed E-state index contributed by atoms with van der Waals surface area (Å²) in [6.07, 6.45) is 1.11. The van der Waals surface area contributed by atoms with Crippen molar-refractivity contribution in [2.45, 2.75) is 36.7 Å². The Morgan fingerprint density at radius 1 is 0.935 bits per heavy atom. The van der Waals surface area contributed by atoms with Crippen molar-refractivity contribution in [2.75, 3.05) is 0 Å². The Morgan fingerprint density at radius 2 is 1.45 bits per heavy atom. The number of rotatable bonds is 7. The molecule has 0 aromatic heterocycles. The van der Waals surface area contributed by atoms with Crippen molar-refractivity contribution >= 4 is 28.6 Å². The molecule has 0 saturated carbocycles. The zero-order valence-electron chi connectivity index (χ0n) is 17.8. The minimum atomic E-state index is -0.438. The Bertz CT molecular complexity index is 1060. The van der Waals surface area contributed by atoms with E-state index < -0.39 is 5.97 Å². The fourth-order valence-electron chi connectivity index (χ4n) is 3.25. The summed E-state index contributed by atoms with van der Waals surface area (Å²) in [5.74, 6) is 0.815. The Labute approximate surface area is 197 Å². The largest absolute Gasteiger partial charge is 0.491 e.